The maximum absolute atomic E-state index is 5.97. The predicted molar refractivity (Wildman–Crippen MR) is 103 cm³/mol. The van der Waals surface area contributed by atoms with Crippen molar-refractivity contribution in [1.82, 2.24) is 4.90 Å². The molecule has 0 aliphatic heterocycles. The predicted octanol–water partition coefficient (Wildman–Crippen LogP) is 3.29. The molecule has 1 saturated carbocycles. The van der Waals surface area contributed by atoms with E-state index in [1.165, 1.54) is 18.4 Å². The molecule has 0 amide bonds. The second-order valence-corrected chi connectivity index (χ2v) is 6.18. The summed E-state index contributed by atoms with van der Waals surface area (Å²) in [5.74, 6) is 2.14. The van der Waals surface area contributed by atoms with E-state index in [0.29, 0.717) is 17.9 Å². The molecule has 1 aliphatic rings. The van der Waals surface area contributed by atoms with Crippen molar-refractivity contribution in [3.8, 4) is 5.75 Å². The van der Waals surface area contributed by atoms with Crippen LogP contribution in [0.15, 0.2) is 29.3 Å². The van der Waals surface area contributed by atoms with Crippen LogP contribution in [0.25, 0.3) is 0 Å². The minimum atomic E-state index is 0. The summed E-state index contributed by atoms with van der Waals surface area (Å²) in [5, 5.41) is 0. The van der Waals surface area contributed by atoms with E-state index in [1.54, 1.807) is 0 Å². The number of aliphatic imine (C=N–C) groups is 1. The molecule has 1 aromatic carbocycles. The smallest absolute Gasteiger partial charge is 0.191 e. The van der Waals surface area contributed by atoms with Gasteiger partial charge in [-0.3, -0.25) is 4.99 Å². The van der Waals surface area contributed by atoms with Crippen molar-refractivity contribution < 1.29 is 4.74 Å². The van der Waals surface area contributed by atoms with E-state index in [-0.39, 0.29) is 24.0 Å². The van der Waals surface area contributed by atoms with Gasteiger partial charge in [-0.25, -0.2) is 0 Å². The average Bonchev–Trinajstić information content (AvgIpc) is 3.30. The number of guanidine groups is 1. The standard InChI is InChI=1S/C17H27N3O.HI/c1-13(2)12-21-16-8-4-14(5-9-16)10-11-19-17(18)20(3)15-6-7-15;/h4-5,8-9,13,15H,6-7,10-12H2,1-3H3,(H2,18,19);1H. The Bertz CT molecular complexity index is 469. The Morgan fingerprint density at radius 2 is 1.95 bits per heavy atom. The minimum absolute atomic E-state index is 0. The first-order valence-corrected chi connectivity index (χ1v) is 7.80. The SMILES string of the molecule is CC(C)COc1ccc(CCN=C(N)N(C)C2CC2)cc1.I. The van der Waals surface area contributed by atoms with E-state index in [0.717, 1.165) is 25.3 Å². The van der Waals surface area contributed by atoms with E-state index in [1.807, 2.05) is 19.2 Å². The molecule has 1 fully saturated rings. The molecule has 0 spiro atoms. The zero-order valence-corrected chi connectivity index (χ0v) is 16.1. The molecular weight excluding hydrogens is 389 g/mol. The quantitative estimate of drug-likeness (QED) is 0.421. The third kappa shape index (κ3) is 6.42. The van der Waals surface area contributed by atoms with Gasteiger partial charge in [0.1, 0.15) is 5.75 Å². The molecule has 0 saturated heterocycles. The van der Waals surface area contributed by atoms with E-state index in [4.69, 9.17) is 10.5 Å². The first kappa shape index (κ1) is 19.1. The highest BCUT2D eigenvalue weighted by Gasteiger charge is 2.27. The zero-order chi connectivity index (χ0) is 15.2. The highest BCUT2D eigenvalue weighted by Crippen LogP contribution is 2.24. The molecular formula is C17H28IN3O. The first-order valence-electron chi connectivity index (χ1n) is 7.80. The van der Waals surface area contributed by atoms with Crippen LogP contribution in [-0.2, 0) is 6.42 Å². The van der Waals surface area contributed by atoms with Crippen molar-refractivity contribution in [2.45, 2.75) is 39.2 Å². The summed E-state index contributed by atoms with van der Waals surface area (Å²) in [6, 6.07) is 8.88. The van der Waals surface area contributed by atoms with Gasteiger partial charge in [-0.05, 0) is 42.9 Å². The number of ether oxygens (including phenoxy) is 1. The number of rotatable bonds is 7. The van der Waals surface area contributed by atoms with Crippen LogP contribution in [0.5, 0.6) is 5.75 Å². The fourth-order valence-corrected chi connectivity index (χ4v) is 2.08. The summed E-state index contributed by atoms with van der Waals surface area (Å²) < 4.78 is 5.68. The Balaban J connectivity index is 0.00000242. The fourth-order valence-electron chi connectivity index (χ4n) is 2.08. The lowest BCUT2D eigenvalue weighted by atomic mass is 10.1. The lowest BCUT2D eigenvalue weighted by Gasteiger charge is -2.16. The number of nitrogens with two attached hydrogens (primary N) is 1. The maximum Gasteiger partial charge on any atom is 0.191 e. The second-order valence-electron chi connectivity index (χ2n) is 6.18. The van der Waals surface area contributed by atoms with Crippen LogP contribution in [0.3, 0.4) is 0 Å². The maximum atomic E-state index is 5.97. The van der Waals surface area contributed by atoms with Crippen molar-refractivity contribution in [1.29, 1.82) is 0 Å². The number of nitrogens with zero attached hydrogens (tertiary/aromatic N) is 2. The van der Waals surface area contributed by atoms with Gasteiger partial charge in [-0.15, -0.1) is 24.0 Å². The first-order chi connectivity index (χ1) is 10.1. The highest BCUT2D eigenvalue weighted by atomic mass is 127. The Labute approximate surface area is 151 Å². The zero-order valence-electron chi connectivity index (χ0n) is 13.8. The van der Waals surface area contributed by atoms with Gasteiger partial charge in [0, 0.05) is 19.6 Å². The summed E-state index contributed by atoms with van der Waals surface area (Å²) >= 11 is 0. The third-order valence-corrected chi connectivity index (χ3v) is 3.64. The van der Waals surface area contributed by atoms with Gasteiger partial charge in [-0.2, -0.15) is 0 Å². The molecule has 5 heteroatoms. The number of benzene rings is 1. The normalized spacial score (nSPS) is 14.6. The second kappa shape index (κ2) is 9.22. The molecule has 0 unspecified atom stereocenters. The van der Waals surface area contributed by atoms with Crippen LogP contribution >= 0.6 is 24.0 Å². The lowest BCUT2D eigenvalue weighted by molar-refractivity contribution is 0.271. The van der Waals surface area contributed by atoms with E-state index >= 15 is 0 Å². The summed E-state index contributed by atoms with van der Waals surface area (Å²) in [7, 11) is 2.03. The van der Waals surface area contributed by atoms with E-state index in [2.05, 4.69) is 35.9 Å². The summed E-state index contributed by atoms with van der Waals surface area (Å²) in [6.07, 6.45) is 3.39. The molecule has 0 aromatic heterocycles. The summed E-state index contributed by atoms with van der Waals surface area (Å²) in [4.78, 5) is 6.54. The molecule has 0 radical (unpaired) electrons. The monoisotopic (exact) mass is 417 g/mol. The number of hydrogen-bond acceptors (Lipinski definition) is 2. The minimum Gasteiger partial charge on any atom is -0.493 e. The summed E-state index contributed by atoms with van der Waals surface area (Å²) in [6.45, 7) is 5.79. The van der Waals surface area contributed by atoms with E-state index in [9.17, 15) is 0 Å². The summed E-state index contributed by atoms with van der Waals surface area (Å²) in [5.41, 5.74) is 7.23. The lowest BCUT2D eigenvalue weighted by Crippen LogP contribution is -2.35. The van der Waals surface area contributed by atoms with Crippen LogP contribution in [0, 0.1) is 5.92 Å². The molecule has 1 aliphatic carbocycles. The molecule has 1 aromatic rings. The Morgan fingerprint density at radius 3 is 2.50 bits per heavy atom. The van der Waals surface area contributed by atoms with Crippen molar-refractivity contribution in [2.75, 3.05) is 20.2 Å². The average molecular weight is 417 g/mol. The molecule has 0 atom stereocenters. The van der Waals surface area contributed by atoms with Crippen molar-refractivity contribution in [3.05, 3.63) is 29.8 Å². The molecule has 4 nitrogen and oxygen atoms in total. The molecule has 0 heterocycles. The Hall–Kier alpha value is -0.980. The van der Waals surface area contributed by atoms with Crippen molar-refractivity contribution in [2.24, 2.45) is 16.6 Å². The van der Waals surface area contributed by atoms with Crippen LogP contribution in [-0.4, -0.2) is 37.1 Å². The van der Waals surface area contributed by atoms with Gasteiger partial charge in [-0.1, -0.05) is 26.0 Å². The van der Waals surface area contributed by atoms with Gasteiger partial charge in [0.25, 0.3) is 0 Å². The Kier molecular flexibility index (Phi) is 8.00. The highest BCUT2D eigenvalue weighted by molar-refractivity contribution is 14.0. The van der Waals surface area contributed by atoms with Gasteiger partial charge in [0.15, 0.2) is 5.96 Å². The van der Waals surface area contributed by atoms with Crippen LogP contribution in [0.4, 0.5) is 0 Å². The Morgan fingerprint density at radius 1 is 1.32 bits per heavy atom. The molecule has 2 rings (SSSR count). The third-order valence-electron chi connectivity index (χ3n) is 3.64. The fraction of sp³-hybridized carbons (Fsp3) is 0.588. The molecule has 124 valence electrons. The van der Waals surface area contributed by atoms with Gasteiger partial charge >= 0.3 is 0 Å². The van der Waals surface area contributed by atoms with Crippen molar-refractivity contribution in [3.63, 3.8) is 0 Å². The topological polar surface area (TPSA) is 50.9 Å². The van der Waals surface area contributed by atoms with Crippen molar-refractivity contribution >= 4 is 29.9 Å². The van der Waals surface area contributed by atoms with Gasteiger partial charge in [0.05, 0.1) is 6.61 Å². The molecule has 22 heavy (non-hydrogen) atoms. The van der Waals surface area contributed by atoms with E-state index < -0.39 is 0 Å². The molecule has 0 bridgehead atoms. The largest absolute Gasteiger partial charge is 0.493 e. The number of halogens is 1. The number of hydrogen-bond donors (Lipinski definition) is 1. The van der Waals surface area contributed by atoms with Crippen LogP contribution < -0.4 is 10.5 Å². The van der Waals surface area contributed by atoms with Crippen LogP contribution in [0.2, 0.25) is 0 Å². The van der Waals surface area contributed by atoms with Gasteiger partial charge < -0.3 is 15.4 Å². The molecule has 2 N–H and O–H groups in total. The van der Waals surface area contributed by atoms with Gasteiger partial charge in [0.2, 0.25) is 0 Å². The van der Waals surface area contributed by atoms with Crippen LogP contribution in [0.1, 0.15) is 32.3 Å².